The van der Waals surface area contributed by atoms with Crippen molar-refractivity contribution in [2.24, 2.45) is 10.9 Å². The largest absolute Gasteiger partial charge is 0.460 e. The molecule has 2 heterocycles. The molecule has 1 saturated carbocycles. The Hall–Kier alpha value is -0.770. The zero-order valence-corrected chi connectivity index (χ0v) is 10.5. The Morgan fingerprint density at radius 1 is 1.24 bits per heavy atom. The summed E-state index contributed by atoms with van der Waals surface area (Å²) in [5, 5.41) is 6.83. The van der Waals surface area contributed by atoms with Gasteiger partial charge in [-0.1, -0.05) is 6.42 Å². The number of hydrogen-bond donors (Lipinski definition) is 2. The molecule has 0 amide bonds. The molecule has 0 radical (unpaired) electrons. The van der Waals surface area contributed by atoms with Gasteiger partial charge in [0.05, 0.1) is 6.04 Å². The van der Waals surface area contributed by atoms with Crippen LogP contribution in [0.2, 0.25) is 0 Å². The number of rotatable bonds is 3. The molecule has 2 saturated heterocycles. The number of ether oxygens (including phenoxy) is 1. The molecule has 2 aliphatic heterocycles. The molecule has 1 aliphatic carbocycles. The Labute approximate surface area is 103 Å². The van der Waals surface area contributed by atoms with E-state index in [1.165, 1.54) is 51.6 Å². The first-order valence-corrected chi connectivity index (χ1v) is 7.10. The maximum atomic E-state index is 5.85. The maximum absolute atomic E-state index is 5.85. The summed E-state index contributed by atoms with van der Waals surface area (Å²) in [6.07, 6.45) is 7.99. The molecule has 0 spiro atoms. The molecular weight excluding hydrogens is 214 g/mol. The first-order valence-electron chi connectivity index (χ1n) is 7.10. The smallest absolute Gasteiger partial charge is 0.285 e. The fraction of sp³-hybridized carbons (Fsp3) is 0.923. The Bertz CT molecular complexity index is 270. The van der Waals surface area contributed by atoms with Gasteiger partial charge >= 0.3 is 0 Å². The summed E-state index contributed by atoms with van der Waals surface area (Å²) in [6.45, 7) is 3.26. The summed E-state index contributed by atoms with van der Waals surface area (Å²) in [7, 11) is 0. The van der Waals surface area contributed by atoms with Gasteiger partial charge in [0, 0.05) is 6.54 Å². The minimum absolute atomic E-state index is 0.399. The Morgan fingerprint density at radius 2 is 2.18 bits per heavy atom. The third-order valence-corrected chi connectivity index (χ3v) is 4.23. The van der Waals surface area contributed by atoms with E-state index in [1.54, 1.807) is 0 Å². The summed E-state index contributed by atoms with van der Waals surface area (Å²) >= 11 is 0. The normalized spacial score (nSPS) is 38.8. The zero-order chi connectivity index (χ0) is 11.5. The average Bonchev–Trinajstić information content (AvgIpc) is 2.96. The van der Waals surface area contributed by atoms with Crippen molar-refractivity contribution >= 4 is 6.02 Å². The predicted octanol–water partition coefficient (Wildman–Crippen LogP) is 1.27. The minimum atomic E-state index is 0.399. The third kappa shape index (κ3) is 2.73. The van der Waals surface area contributed by atoms with Crippen LogP contribution in [0.3, 0.4) is 0 Å². The van der Waals surface area contributed by atoms with Gasteiger partial charge < -0.3 is 15.4 Å². The standard InChI is InChI=1S/C13H23N3O/c1-2-4-12-11(3-1)16-13(17-12)15-8-6-10-5-7-14-9-10/h10-12,14H,1-9H2,(H,15,16). The monoisotopic (exact) mass is 237 g/mol. The lowest BCUT2D eigenvalue weighted by molar-refractivity contribution is 0.159. The lowest BCUT2D eigenvalue weighted by Crippen LogP contribution is -2.34. The number of hydrogen-bond acceptors (Lipinski definition) is 3. The number of aliphatic imine (C=N–C) groups is 1. The molecule has 3 fully saturated rings. The van der Waals surface area contributed by atoms with E-state index in [-0.39, 0.29) is 0 Å². The minimum Gasteiger partial charge on any atom is -0.460 e. The van der Waals surface area contributed by atoms with Crippen LogP contribution >= 0.6 is 0 Å². The van der Waals surface area contributed by atoms with Crippen molar-refractivity contribution < 1.29 is 4.74 Å². The molecule has 17 heavy (non-hydrogen) atoms. The van der Waals surface area contributed by atoms with E-state index in [1.807, 2.05) is 0 Å². The van der Waals surface area contributed by atoms with Gasteiger partial charge in [0.25, 0.3) is 6.02 Å². The van der Waals surface area contributed by atoms with Crippen LogP contribution in [0.1, 0.15) is 38.5 Å². The second-order valence-electron chi connectivity index (χ2n) is 5.53. The molecule has 3 rings (SSSR count). The predicted molar refractivity (Wildman–Crippen MR) is 68.2 cm³/mol. The molecular formula is C13H23N3O. The fourth-order valence-electron chi connectivity index (χ4n) is 3.13. The first-order chi connectivity index (χ1) is 8.42. The average molecular weight is 237 g/mol. The van der Waals surface area contributed by atoms with Crippen LogP contribution in [-0.2, 0) is 4.74 Å². The summed E-state index contributed by atoms with van der Waals surface area (Å²) in [6, 6.07) is 1.35. The fourth-order valence-corrected chi connectivity index (χ4v) is 3.13. The Balaban J connectivity index is 1.44. The lowest BCUT2D eigenvalue weighted by atomic mass is 9.93. The molecule has 0 aromatic carbocycles. The van der Waals surface area contributed by atoms with Crippen LogP contribution in [-0.4, -0.2) is 37.8 Å². The van der Waals surface area contributed by atoms with Gasteiger partial charge in [-0.15, -0.1) is 0 Å². The zero-order valence-electron chi connectivity index (χ0n) is 10.5. The lowest BCUT2D eigenvalue weighted by Gasteiger charge is -2.21. The second kappa shape index (κ2) is 5.25. The summed E-state index contributed by atoms with van der Waals surface area (Å²) in [4.78, 5) is 4.57. The molecule has 3 unspecified atom stereocenters. The molecule has 3 atom stereocenters. The van der Waals surface area contributed by atoms with E-state index in [0.717, 1.165) is 18.5 Å². The van der Waals surface area contributed by atoms with Gasteiger partial charge in [-0.05, 0) is 51.1 Å². The molecule has 2 N–H and O–H groups in total. The maximum Gasteiger partial charge on any atom is 0.285 e. The van der Waals surface area contributed by atoms with E-state index in [4.69, 9.17) is 4.74 Å². The van der Waals surface area contributed by atoms with Crippen LogP contribution in [0.25, 0.3) is 0 Å². The van der Waals surface area contributed by atoms with Crippen LogP contribution in [0.5, 0.6) is 0 Å². The number of nitrogens with zero attached hydrogens (tertiary/aromatic N) is 1. The van der Waals surface area contributed by atoms with Crippen molar-refractivity contribution in [1.82, 2.24) is 10.6 Å². The first kappa shape index (κ1) is 11.3. The van der Waals surface area contributed by atoms with Crippen molar-refractivity contribution in [3.8, 4) is 0 Å². The van der Waals surface area contributed by atoms with Gasteiger partial charge in [0.2, 0.25) is 0 Å². The highest BCUT2D eigenvalue weighted by Crippen LogP contribution is 2.25. The van der Waals surface area contributed by atoms with Crippen molar-refractivity contribution in [1.29, 1.82) is 0 Å². The van der Waals surface area contributed by atoms with E-state index >= 15 is 0 Å². The van der Waals surface area contributed by atoms with Gasteiger partial charge in [-0.3, -0.25) is 0 Å². The molecule has 0 aromatic rings. The number of amidine groups is 1. The number of fused-ring (bicyclic) bond motifs is 1. The molecule has 0 bridgehead atoms. The highest BCUT2D eigenvalue weighted by atomic mass is 16.5. The topological polar surface area (TPSA) is 45.6 Å². The van der Waals surface area contributed by atoms with E-state index in [2.05, 4.69) is 15.6 Å². The van der Waals surface area contributed by atoms with Crippen molar-refractivity contribution in [3.63, 3.8) is 0 Å². The summed E-state index contributed by atoms with van der Waals surface area (Å²) < 4.78 is 5.85. The Kier molecular flexibility index (Phi) is 3.50. The molecule has 96 valence electrons. The molecule has 4 heteroatoms. The third-order valence-electron chi connectivity index (χ3n) is 4.23. The molecule has 3 aliphatic rings. The van der Waals surface area contributed by atoms with Crippen molar-refractivity contribution in [2.45, 2.75) is 50.7 Å². The van der Waals surface area contributed by atoms with Gasteiger partial charge in [-0.2, -0.15) is 0 Å². The second-order valence-corrected chi connectivity index (χ2v) is 5.53. The van der Waals surface area contributed by atoms with Crippen molar-refractivity contribution in [2.75, 3.05) is 19.6 Å². The van der Waals surface area contributed by atoms with Gasteiger partial charge in [0.1, 0.15) is 6.10 Å². The van der Waals surface area contributed by atoms with Crippen LogP contribution < -0.4 is 10.6 Å². The summed E-state index contributed by atoms with van der Waals surface area (Å²) in [5.41, 5.74) is 0. The van der Waals surface area contributed by atoms with Gasteiger partial charge in [0.15, 0.2) is 0 Å². The number of nitrogens with one attached hydrogen (secondary N) is 2. The van der Waals surface area contributed by atoms with Crippen LogP contribution in [0.4, 0.5) is 0 Å². The highest BCUT2D eigenvalue weighted by molar-refractivity contribution is 5.76. The highest BCUT2D eigenvalue weighted by Gasteiger charge is 2.34. The van der Waals surface area contributed by atoms with E-state index in [0.29, 0.717) is 12.1 Å². The van der Waals surface area contributed by atoms with Crippen molar-refractivity contribution in [3.05, 3.63) is 0 Å². The van der Waals surface area contributed by atoms with Crippen LogP contribution in [0, 0.1) is 5.92 Å². The summed E-state index contributed by atoms with van der Waals surface area (Å²) in [5.74, 6) is 0.822. The quantitative estimate of drug-likeness (QED) is 0.777. The van der Waals surface area contributed by atoms with E-state index < -0.39 is 0 Å². The van der Waals surface area contributed by atoms with E-state index in [9.17, 15) is 0 Å². The van der Waals surface area contributed by atoms with Crippen LogP contribution in [0.15, 0.2) is 4.99 Å². The molecule has 4 nitrogen and oxygen atoms in total. The Morgan fingerprint density at radius 3 is 3.00 bits per heavy atom. The molecule has 0 aromatic heterocycles. The SMILES string of the molecule is C1CCC2OC(=NCCC3CCNC3)NC2C1. The van der Waals surface area contributed by atoms with Gasteiger partial charge in [-0.25, -0.2) is 4.99 Å².